The van der Waals surface area contributed by atoms with Crippen LogP contribution in [0.3, 0.4) is 0 Å². The third kappa shape index (κ3) is 5.36. The van der Waals surface area contributed by atoms with Crippen molar-refractivity contribution in [1.29, 1.82) is 0 Å². The largest absolute Gasteiger partial charge is 0.462 e. The maximum Gasteiger partial charge on any atom is 0.323 e. The quantitative estimate of drug-likeness (QED) is 0.494. The number of hydrogen-bond donors (Lipinski definition) is 0. The van der Waals surface area contributed by atoms with Crippen LogP contribution in [0.5, 0.6) is 0 Å². The molecule has 0 aromatic rings. The summed E-state index contributed by atoms with van der Waals surface area (Å²) >= 11 is 0. The number of esters is 1. The first-order valence-corrected chi connectivity index (χ1v) is 7.28. The van der Waals surface area contributed by atoms with Crippen LogP contribution in [0.4, 0.5) is 0 Å². The summed E-state index contributed by atoms with van der Waals surface area (Å²) in [5.41, 5.74) is 0. The minimum Gasteiger partial charge on any atom is -0.462 e. The number of piperidine rings is 1. The minimum absolute atomic E-state index is 0.0283. The summed E-state index contributed by atoms with van der Waals surface area (Å²) in [6.07, 6.45) is 5.46. The molecule has 0 bridgehead atoms. The molecular weight excluding hydrogens is 230 g/mol. The first kappa shape index (κ1) is 15.4. The maximum atomic E-state index is 11.9. The molecular formula is C14H27NO3. The van der Waals surface area contributed by atoms with E-state index in [9.17, 15) is 4.79 Å². The van der Waals surface area contributed by atoms with Gasteiger partial charge in [0.05, 0.1) is 6.61 Å². The zero-order valence-electron chi connectivity index (χ0n) is 11.8. The van der Waals surface area contributed by atoms with E-state index in [4.69, 9.17) is 9.47 Å². The summed E-state index contributed by atoms with van der Waals surface area (Å²) in [5, 5.41) is 0. The molecule has 4 heteroatoms. The van der Waals surface area contributed by atoms with Gasteiger partial charge in [0, 0.05) is 6.61 Å². The van der Waals surface area contributed by atoms with Crippen LogP contribution < -0.4 is 0 Å². The number of likely N-dealkylation sites (N-methyl/N-ethyl adjacent to an activating group) is 1. The third-order valence-corrected chi connectivity index (χ3v) is 3.41. The summed E-state index contributed by atoms with van der Waals surface area (Å²) in [7, 11) is 0. The van der Waals surface area contributed by atoms with Crippen LogP contribution in [0.15, 0.2) is 0 Å². The van der Waals surface area contributed by atoms with Gasteiger partial charge in [-0.15, -0.1) is 0 Å². The van der Waals surface area contributed by atoms with Gasteiger partial charge in [0.25, 0.3) is 0 Å². The molecule has 18 heavy (non-hydrogen) atoms. The Labute approximate surface area is 111 Å². The lowest BCUT2D eigenvalue weighted by molar-refractivity contribution is -0.152. The molecule has 1 saturated heterocycles. The Morgan fingerprint density at radius 3 is 2.78 bits per heavy atom. The van der Waals surface area contributed by atoms with Gasteiger partial charge >= 0.3 is 5.97 Å². The summed E-state index contributed by atoms with van der Waals surface area (Å²) in [6.45, 7) is 7.83. The van der Waals surface area contributed by atoms with Crippen molar-refractivity contribution in [3.05, 3.63) is 0 Å². The van der Waals surface area contributed by atoms with Gasteiger partial charge in [-0.1, -0.05) is 26.7 Å². The van der Waals surface area contributed by atoms with E-state index in [1.165, 1.54) is 6.42 Å². The molecule has 1 aliphatic rings. The Balaban J connectivity index is 2.14. The number of ether oxygens (including phenoxy) is 2. The predicted molar refractivity (Wildman–Crippen MR) is 71.6 cm³/mol. The molecule has 0 aliphatic carbocycles. The highest BCUT2D eigenvalue weighted by atomic mass is 16.6. The molecule has 1 rings (SSSR count). The van der Waals surface area contributed by atoms with Crippen molar-refractivity contribution in [2.45, 2.75) is 52.0 Å². The minimum atomic E-state index is -0.0735. The molecule has 0 N–H and O–H groups in total. The smallest absolute Gasteiger partial charge is 0.323 e. The van der Waals surface area contributed by atoms with Crippen LogP contribution in [0, 0.1) is 0 Å². The van der Waals surface area contributed by atoms with E-state index in [2.05, 4.69) is 18.7 Å². The van der Waals surface area contributed by atoms with Crippen molar-refractivity contribution in [3.63, 3.8) is 0 Å². The number of nitrogens with zero attached hydrogens (tertiary/aromatic N) is 1. The third-order valence-electron chi connectivity index (χ3n) is 3.41. The second-order valence-electron chi connectivity index (χ2n) is 4.77. The molecule has 0 amide bonds. The molecule has 1 fully saturated rings. The zero-order chi connectivity index (χ0) is 13.2. The van der Waals surface area contributed by atoms with Gasteiger partial charge in [-0.05, 0) is 32.4 Å². The normalized spacial score (nSPS) is 20.9. The number of carbonyl (C=O) groups is 1. The lowest BCUT2D eigenvalue weighted by Gasteiger charge is -2.32. The van der Waals surface area contributed by atoms with Crippen molar-refractivity contribution in [2.24, 2.45) is 0 Å². The van der Waals surface area contributed by atoms with Crippen molar-refractivity contribution in [3.8, 4) is 0 Å². The van der Waals surface area contributed by atoms with Crippen molar-refractivity contribution >= 4 is 5.97 Å². The number of hydrogen-bond acceptors (Lipinski definition) is 4. The first-order chi connectivity index (χ1) is 8.79. The number of unbranched alkanes of at least 4 members (excludes halogenated alkanes) is 1. The zero-order valence-corrected chi connectivity index (χ0v) is 11.8. The topological polar surface area (TPSA) is 38.8 Å². The Kier molecular flexibility index (Phi) is 8.01. The number of carbonyl (C=O) groups excluding carboxylic acids is 1. The average molecular weight is 257 g/mol. The Morgan fingerprint density at radius 1 is 1.22 bits per heavy atom. The van der Waals surface area contributed by atoms with Crippen LogP contribution in [-0.4, -0.2) is 49.8 Å². The number of likely N-dealkylation sites (tertiary alicyclic amines) is 1. The second-order valence-corrected chi connectivity index (χ2v) is 4.77. The van der Waals surface area contributed by atoms with E-state index in [0.717, 1.165) is 45.4 Å². The van der Waals surface area contributed by atoms with Gasteiger partial charge in [0.15, 0.2) is 0 Å². The Hall–Kier alpha value is -0.610. The Bertz CT molecular complexity index is 233. The van der Waals surface area contributed by atoms with Gasteiger partial charge in [0.2, 0.25) is 0 Å². The highest BCUT2D eigenvalue weighted by Gasteiger charge is 2.28. The molecule has 106 valence electrons. The fraction of sp³-hybridized carbons (Fsp3) is 0.929. The van der Waals surface area contributed by atoms with Crippen LogP contribution >= 0.6 is 0 Å². The highest BCUT2D eigenvalue weighted by Crippen LogP contribution is 2.17. The summed E-state index contributed by atoms with van der Waals surface area (Å²) in [4.78, 5) is 14.1. The summed E-state index contributed by atoms with van der Waals surface area (Å²) < 4.78 is 10.7. The van der Waals surface area contributed by atoms with E-state index in [1.54, 1.807) is 0 Å². The standard InChI is InChI=1S/C14H27NO3/c1-3-5-10-17-11-12-18-14(16)13-8-6-7-9-15(13)4-2/h13H,3-12H2,1-2H3/t13-/m0/s1. The van der Waals surface area contributed by atoms with E-state index >= 15 is 0 Å². The van der Waals surface area contributed by atoms with Crippen LogP contribution in [0.25, 0.3) is 0 Å². The van der Waals surface area contributed by atoms with Gasteiger partial charge in [0.1, 0.15) is 12.6 Å². The average Bonchev–Trinajstić information content (AvgIpc) is 2.42. The molecule has 0 radical (unpaired) electrons. The molecule has 0 aromatic carbocycles. The van der Waals surface area contributed by atoms with Crippen LogP contribution in [0.2, 0.25) is 0 Å². The molecule has 0 saturated carbocycles. The van der Waals surface area contributed by atoms with E-state index in [1.807, 2.05) is 0 Å². The van der Waals surface area contributed by atoms with Crippen molar-refractivity contribution in [2.75, 3.05) is 32.9 Å². The first-order valence-electron chi connectivity index (χ1n) is 7.28. The molecule has 4 nitrogen and oxygen atoms in total. The highest BCUT2D eigenvalue weighted by molar-refractivity contribution is 5.75. The number of rotatable bonds is 8. The lowest BCUT2D eigenvalue weighted by atomic mass is 10.0. The van der Waals surface area contributed by atoms with Gasteiger partial charge in [-0.3, -0.25) is 9.69 Å². The van der Waals surface area contributed by atoms with Gasteiger partial charge in [-0.25, -0.2) is 0 Å². The second kappa shape index (κ2) is 9.34. The van der Waals surface area contributed by atoms with Gasteiger partial charge < -0.3 is 9.47 Å². The molecule has 1 heterocycles. The van der Waals surface area contributed by atoms with E-state index in [-0.39, 0.29) is 12.0 Å². The van der Waals surface area contributed by atoms with Crippen molar-refractivity contribution in [1.82, 2.24) is 4.90 Å². The molecule has 1 atom stereocenters. The molecule has 0 unspecified atom stereocenters. The van der Waals surface area contributed by atoms with Gasteiger partial charge in [-0.2, -0.15) is 0 Å². The van der Waals surface area contributed by atoms with E-state index in [0.29, 0.717) is 13.2 Å². The summed E-state index contributed by atoms with van der Waals surface area (Å²) in [6, 6.07) is -0.0283. The predicted octanol–water partition coefficient (Wildman–Crippen LogP) is 2.22. The van der Waals surface area contributed by atoms with Crippen LogP contribution in [0.1, 0.15) is 46.0 Å². The molecule has 0 aromatic heterocycles. The SMILES string of the molecule is CCCCOCCOC(=O)[C@@H]1CCCCN1CC. The lowest BCUT2D eigenvalue weighted by Crippen LogP contribution is -2.45. The van der Waals surface area contributed by atoms with Crippen molar-refractivity contribution < 1.29 is 14.3 Å². The molecule has 1 aliphatic heterocycles. The summed E-state index contributed by atoms with van der Waals surface area (Å²) in [5.74, 6) is -0.0735. The fourth-order valence-corrected chi connectivity index (χ4v) is 2.28. The Morgan fingerprint density at radius 2 is 2.06 bits per heavy atom. The van der Waals surface area contributed by atoms with E-state index < -0.39 is 0 Å². The van der Waals surface area contributed by atoms with Crippen LogP contribution in [-0.2, 0) is 14.3 Å². The monoisotopic (exact) mass is 257 g/mol. The maximum absolute atomic E-state index is 11.9. The fourth-order valence-electron chi connectivity index (χ4n) is 2.28. The molecule has 0 spiro atoms.